The molecule has 1 aliphatic rings. The number of hydrogen-bond donors (Lipinski definition) is 0. The molecule has 0 heterocycles. The molecule has 1 atom stereocenters. The molecule has 1 aliphatic carbocycles. The molecule has 1 rings (SSSR count). The van der Waals surface area contributed by atoms with E-state index >= 15 is 0 Å². The molecule has 0 amide bonds. The van der Waals surface area contributed by atoms with Crippen molar-refractivity contribution in [1.29, 1.82) is 0 Å². The minimum atomic E-state index is -0.970. The SMILES string of the molecule is C[Si](C)(C)CCOCOC1CCC(Br)=C1Br. The largest absolute Gasteiger partial charge is 0.356 e. The van der Waals surface area contributed by atoms with Crippen LogP contribution in [-0.4, -0.2) is 27.6 Å². The lowest BCUT2D eigenvalue weighted by Gasteiger charge is -2.16. The summed E-state index contributed by atoms with van der Waals surface area (Å²) >= 11 is 7.04. The molecule has 0 saturated carbocycles. The molecule has 2 nitrogen and oxygen atoms in total. The first-order valence-corrected chi connectivity index (χ1v) is 10.9. The Bertz CT molecular complexity index is 261. The third-order valence-corrected chi connectivity index (χ3v) is 6.57. The number of allylic oxidation sites excluding steroid dienone is 1. The van der Waals surface area contributed by atoms with Gasteiger partial charge in [-0.1, -0.05) is 51.5 Å². The van der Waals surface area contributed by atoms with Crippen LogP contribution < -0.4 is 0 Å². The molecule has 0 spiro atoms. The Kier molecular flexibility index (Phi) is 6.22. The smallest absolute Gasteiger partial charge is 0.147 e. The Hall–Kier alpha value is 0.837. The van der Waals surface area contributed by atoms with Crippen molar-refractivity contribution in [2.75, 3.05) is 13.4 Å². The summed E-state index contributed by atoms with van der Waals surface area (Å²) < 4.78 is 13.5. The maximum atomic E-state index is 5.66. The third kappa shape index (κ3) is 5.45. The average Bonchev–Trinajstić information content (AvgIpc) is 2.47. The first-order chi connectivity index (χ1) is 7.40. The van der Waals surface area contributed by atoms with Crippen LogP contribution in [-0.2, 0) is 9.47 Å². The van der Waals surface area contributed by atoms with Crippen LogP contribution in [0.2, 0.25) is 25.7 Å². The van der Waals surface area contributed by atoms with Gasteiger partial charge in [-0.25, -0.2) is 0 Å². The van der Waals surface area contributed by atoms with Crippen LogP contribution in [0.3, 0.4) is 0 Å². The van der Waals surface area contributed by atoms with Crippen LogP contribution in [0.4, 0.5) is 0 Å². The second-order valence-electron chi connectivity index (χ2n) is 5.28. The van der Waals surface area contributed by atoms with Gasteiger partial charge in [-0.05, 0) is 18.9 Å². The molecule has 0 aromatic rings. The summed E-state index contributed by atoms with van der Waals surface area (Å²) in [6, 6.07) is 1.20. The molecule has 0 radical (unpaired) electrons. The molecular weight excluding hydrogens is 352 g/mol. The quantitative estimate of drug-likeness (QED) is 0.389. The van der Waals surface area contributed by atoms with Gasteiger partial charge in [0.25, 0.3) is 0 Å². The highest BCUT2D eigenvalue weighted by atomic mass is 79.9. The maximum Gasteiger partial charge on any atom is 0.147 e. The van der Waals surface area contributed by atoms with Crippen molar-refractivity contribution in [2.24, 2.45) is 0 Å². The molecule has 0 bridgehead atoms. The van der Waals surface area contributed by atoms with Gasteiger partial charge in [-0.2, -0.15) is 0 Å². The molecule has 1 unspecified atom stereocenters. The van der Waals surface area contributed by atoms with Crippen LogP contribution in [0.25, 0.3) is 0 Å². The fourth-order valence-corrected chi connectivity index (χ4v) is 3.20. The predicted molar refractivity (Wildman–Crippen MR) is 78.0 cm³/mol. The molecule has 5 heteroatoms. The zero-order chi connectivity index (χ0) is 12.2. The van der Waals surface area contributed by atoms with Gasteiger partial charge in [-0.15, -0.1) is 0 Å². The molecule has 0 fully saturated rings. The number of rotatable bonds is 6. The average molecular weight is 372 g/mol. The highest BCUT2D eigenvalue weighted by Gasteiger charge is 2.23. The van der Waals surface area contributed by atoms with Crippen molar-refractivity contribution in [2.45, 2.75) is 44.6 Å². The minimum absolute atomic E-state index is 0.182. The van der Waals surface area contributed by atoms with Crippen LogP contribution in [0.15, 0.2) is 8.96 Å². The van der Waals surface area contributed by atoms with Gasteiger partial charge in [-0.3, -0.25) is 0 Å². The minimum Gasteiger partial charge on any atom is -0.356 e. The summed E-state index contributed by atoms with van der Waals surface area (Å²) in [5.74, 6) is 0. The number of halogens is 2. The van der Waals surface area contributed by atoms with E-state index in [1.807, 2.05) is 0 Å². The molecule has 16 heavy (non-hydrogen) atoms. The maximum absolute atomic E-state index is 5.66. The Labute approximate surface area is 116 Å². The summed E-state index contributed by atoms with van der Waals surface area (Å²) in [6.07, 6.45) is 2.28. The molecule has 0 aromatic carbocycles. The topological polar surface area (TPSA) is 18.5 Å². The van der Waals surface area contributed by atoms with E-state index in [2.05, 4.69) is 51.5 Å². The predicted octanol–water partition coefficient (Wildman–Crippen LogP) is 4.48. The third-order valence-electron chi connectivity index (χ3n) is 2.52. The Morgan fingerprint density at radius 3 is 2.50 bits per heavy atom. The zero-order valence-corrected chi connectivity index (χ0v) is 14.4. The molecule has 0 aromatic heterocycles. The van der Waals surface area contributed by atoms with E-state index in [4.69, 9.17) is 9.47 Å². The Morgan fingerprint density at radius 2 is 2.00 bits per heavy atom. The van der Waals surface area contributed by atoms with E-state index in [0.29, 0.717) is 6.79 Å². The highest BCUT2D eigenvalue weighted by molar-refractivity contribution is 9.14. The number of ether oxygens (including phenoxy) is 2. The van der Waals surface area contributed by atoms with Gasteiger partial charge in [0, 0.05) is 23.6 Å². The van der Waals surface area contributed by atoms with Crippen molar-refractivity contribution >= 4 is 39.9 Å². The fraction of sp³-hybridized carbons (Fsp3) is 0.818. The van der Waals surface area contributed by atoms with Crippen LogP contribution in [0, 0.1) is 0 Å². The highest BCUT2D eigenvalue weighted by Crippen LogP contribution is 2.36. The summed E-state index contributed by atoms with van der Waals surface area (Å²) in [7, 11) is -0.970. The van der Waals surface area contributed by atoms with Gasteiger partial charge in [0.1, 0.15) is 6.79 Å². The summed E-state index contributed by atoms with van der Waals surface area (Å²) in [4.78, 5) is 0. The van der Waals surface area contributed by atoms with Gasteiger partial charge in [0.05, 0.1) is 6.10 Å². The summed E-state index contributed by atoms with van der Waals surface area (Å²) in [6.45, 7) is 8.29. The van der Waals surface area contributed by atoms with E-state index in [-0.39, 0.29) is 6.10 Å². The van der Waals surface area contributed by atoms with E-state index in [9.17, 15) is 0 Å². The van der Waals surface area contributed by atoms with Gasteiger partial charge >= 0.3 is 0 Å². The van der Waals surface area contributed by atoms with E-state index in [0.717, 1.165) is 23.9 Å². The second kappa shape index (κ2) is 6.68. The van der Waals surface area contributed by atoms with Crippen molar-refractivity contribution in [3.05, 3.63) is 8.96 Å². The van der Waals surface area contributed by atoms with Crippen molar-refractivity contribution < 1.29 is 9.47 Å². The Morgan fingerprint density at radius 1 is 1.31 bits per heavy atom. The van der Waals surface area contributed by atoms with E-state index < -0.39 is 8.07 Å². The molecule has 0 aliphatic heterocycles. The normalized spacial score (nSPS) is 21.9. The van der Waals surface area contributed by atoms with E-state index in [1.165, 1.54) is 10.5 Å². The van der Waals surface area contributed by atoms with Crippen LogP contribution >= 0.6 is 31.9 Å². The lowest BCUT2D eigenvalue weighted by atomic mass is 10.3. The lowest BCUT2D eigenvalue weighted by molar-refractivity contribution is -0.0720. The number of hydrogen-bond acceptors (Lipinski definition) is 2. The van der Waals surface area contributed by atoms with Crippen LogP contribution in [0.5, 0.6) is 0 Å². The fourth-order valence-electron chi connectivity index (χ4n) is 1.40. The van der Waals surface area contributed by atoms with Crippen molar-refractivity contribution in [3.63, 3.8) is 0 Å². The molecule has 94 valence electrons. The lowest BCUT2D eigenvalue weighted by Crippen LogP contribution is -2.22. The molecule has 0 saturated heterocycles. The first kappa shape index (κ1) is 14.9. The van der Waals surface area contributed by atoms with Crippen molar-refractivity contribution in [3.8, 4) is 0 Å². The second-order valence-corrected chi connectivity index (χ2v) is 12.7. The monoisotopic (exact) mass is 370 g/mol. The van der Waals surface area contributed by atoms with E-state index in [1.54, 1.807) is 0 Å². The Balaban J connectivity index is 2.09. The molecule has 0 N–H and O–H groups in total. The zero-order valence-electron chi connectivity index (χ0n) is 10.2. The van der Waals surface area contributed by atoms with Gasteiger partial charge < -0.3 is 9.47 Å². The molecular formula is C11H20Br2O2Si. The summed E-state index contributed by atoms with van der Waals surface area (Å²) in [5.41, 5.74) is 0. The van der Waals surface area contributed by atoms with Gasteiger partial charge in [0.2, 0.25) is 0 Å². The first-order valence-electron chi connectivity index (χ1n) is 5.63. The van der Waals surface area contributed by atoms with Crippen LogP contribution in [0.1, 0.15) is 12.8 Å². The standard InChI is InChI=1S/C11H20Br2O2Si/c1-16(2,3)7-6-14-8-15-10-5-4-9(12)11(10)13/h10H,4-8H2,1-3H3. The summed E-state index contributed by atoms with van der Waals surface area (Å²) in [5, 5.41) is 0. The van der Waals surface area contributed by atoms with Crippen molar-refractivity contribution in [1.82, 2.24) is 0 Å². The van der Waals surface area contributed by atoms with Gasteiger partial charge in [0.15, 0.2) is 0 Å².